The van der Waals surface area contributed by atoms with Gasteiger partial charge in [0.15, 0.2) is 17.3 Å². The van der Waals surface area contributed by atoms with Gasteiger partial charge in [-0.05, 0) is 24.3 Å². The molecule has 6 heteroatoms. The normalized spacial score (nSPS) is 10.3. The van der Waals surface area contributed by atoms with Gasteiger partial charge in [0.25, 0.3) is 0 Å². The molecular formula is C15H13F2NO3. The van der Waals surface area contributed by atoms with E-state index in [9.17, 15) is 13.6 Å². The van der Waals surface area contributed by atoms with E-state index in [1.807, 2.05) is 0 Å². The Morgan fingerprint density at radius 2 is 1.52 bits per heavy atom. The second-order valence-electron chi connectivity index (χ2n) is 4.26. The molecule has 0 fully saturated rings. The number of ether oxygens (including phenoxy) is 2. The average molecular weight is 293 g/mol. The fourth-order valence-electron chi connectivity index (χ4n) is 1.89. The van der Waals surface area contributed by atoms with Crippen molar-refractivity contribution in [3.05, 3.63) is 53.1 Å². The number of rotatable bonds is 4. The van der Waals surface area contributed by atoms with Crippen LogP contribution < -0.4 is 15.2 Å². The van der Waals surface area contributed by atoms with E-state index >= 15 is 0 Å². The highest BCUT2D eigenvalue weighted by molar-refractivity contribution is 6.10. The van der Waals surface area contributed by atoms with Crippen molar-refractivity contribution >= 4 is 11.5 Å². The van der Waals surface area contributed by atoms with E-state index in [2.05, 4.69) is 0 Å². The van der Waals surface area contributed by atoms with E-state index < -0.39 is 17.4 Å². The molecule has 0 saturated carbocycles. The smallest absolute Gasteiger partial charge is 0.199 e. The molecule has 0 atom stereocenters. The van der Waals surface area contributed by atoms with Crippen molar-refractivity contribution < 1.29 is 23.0 Å². The molecule has 0 aliphatic heterocycles. The van der Waals surface area contributed by atoms with Crippen LogP contribution in [0.1, 0.15) is 15.9 Å². The Morgan fingerprint density at radius 1 is 0.952 bits per heavy atom. The monoisotopic (exact) mass is 293 g/mol. The molecule has 0 aromatic heterocycles. The largest absolute Gasteiger partial charge is 0.493 e. The summed E-state index contributed by atoms with van der Waals surface area (Å²) in [5.41, 5.74) is 5.11. The maximum absolute atomic E-state index is 14.0. The van der Waals surface area contributed by atoms with Crippen molar-refractivity contribution in [1.29, 1.82) is 0 Å². The maximum Gasteiger partial charge on any atom is 0.199 e. The number of anilines is 1. The van der Waals surface area contributed by atoms with Crippen LogP contribution in [0.2, 0.25) is 0 Å². The first-order valence-corrected chi connectivity index (χ1v) is 5.99. The number of methoxy groups -OCH3 is 2. The van der Waals surface area contributed by atoms with Crippen molar-refractivity contribution in [1.82, 2.24) is 0 Å². The van der Waals surface area contributed by atoms with Crippen LogP contribution in [0.25, 0.3) is 0 Å². The molecule has 0 amide bonds. The Morgan fingerprint density at radius 3 is 2.14 bits per heavy atom. The number of ketones is 1. The molecule has 0 unspecified atom stereocenters. The molecule has 2 rings (SSSR count). The molecule has 0 heterocycles. The molecule has 2 N–H and O–H groups in total. The Balaban J connectivity index is 2.55. The van der Waals surface area contributed by atoms with Gasteiger partial charge in [-0.25, -0.2) is 8.78 Å². The summed E-state index contributed by atoms with van der Waals surface area (Å²) in [7, 11) is 2.70. The summed E-state index contributed by atoms with van der Waals surface area (Å²) in [6, 6.07) is 5.71. The molecular weight excluding hydrogens is 280 g/mol. The summed E-state index contributed by atoms with van der Waals surface area (Å²) in [4.78, 5) is 12.3. The highest BCUT2D eigenvalue weighted by Crippen LogP contribution is 2.31. The van der Waals surface area contributed by atoms with E-state index in [1.54, 1.807) is 0 Å². The van der Waals surface area contributed by atoms with Crippen molar-refractivity contribution in [2.75, 3.05) is 20.0 Å². The lowest BCUT2D eigenvalue weighted by Crippen LogP contribution is -2.08. The molecule has 0 spiro atoms. The van der Waals surface area contributed by atoms with Crippen LogP contribution in [0.15, 0.2) is 30.3 Å². The molecule has 110 valence electrons. The maximum atomic E-state index is 14.0. The van der Waals surface area contributed by atoms with Gasteiger partial charge in [0.1, 0.15) is 11.6 Å². The SMILES string of the molecule is COc1cc(F)c(C(=O)c2cc(N)ccc2F)cc1OC. The first kappa shape index (κ1) is 14.8. The predicted molar refractivity (Wildman–Crippen MR) is 73.7 cm³/mol. The average Bonchev–Trinajstić information content (AvgIpc) is 2.48. The van der Waals surface area contributed by atoms with E-state index in [0.29, 0.717) is 0 Å². The number of hydrogen-bond acceptors (Lipinski definition) is 4. The van der Waals surface area contributed by atoms with Gasteiger partial charge in [0.2, 0.25) is 0 Å². The second kappa shape index (κ2) is 5.78. The zero-order chi connectivity index (χ0) is 15.6. The zero-order valence-electron chi connectivity index (χ0n) is 11.4. The Bertz CT molecular complexity index is 702. The Labute approximate surface area is 120 Å². The predicted octanol–water partition coefficient (Wildman–Crippen LogP) is 2.80. The quantitative estimate of drug-likeness (QED) is 0.695. The number of hydrogen-bond donors (Lipinski definition) is 1. The fraction of sp³-hybridized carbons (Fsp3) is 0.133. The lowest BCUT2D eigenvalue weighted by atomic mass is 10.0. The molecule has 0 radical (unpaired) electrons. The second-order valence-corrected chi connectivity index (χ2v) is 4.26. The topological polar surface area (TPSA) is 61.5 Å². The summed E-state index contributed by atoms with van der Waals surface area (Å²) in [6.45, 7) is 0. The molecule has 2 aromatic carbocycles. The van der Waals surface area contributed by atoms with Crippen LogP contribution in [-0.4, -0.2) is 20.0 Å². The third-order valence-electron chi connectivity index (χ3n) is 2.95. The van der Waals surface area contributed by atoms with Crippen molar-refractivity contribution in [3.63, 3.8) is 0 Å². The zero-order valence-corrected chi connectivity index (χ0v) is 11.4. The van der Waals surface area contributed by atoms with Gasteiger partial charge in [0.05, 0.1) is 25.3 Å². The summed E-state index contributed by atoms with van der Waals surface area (Å²) in [6.07, 6.45) is 0. The minimum atomic E-state index is -0.834. The Kier molecular flexibility index (Phi) is 4.07. The fourth-order valence-corrected chi connectivity index (χ4v) is 1.89. The molecule has 2 aromatic rings. The van der Waals surface area contributed by atoms with Gasteiger partial charge in [-0.2, -0.15) is 0 Å². The van der Waals surface area contributed by atoms with E-state index in [4.69, 9.17) is 15.2 Å². The molecule has 21 heavy (non-hydrogen) atoms. The van der Waals surface area contributed by atoms with Crippen LogP contribution in [-0.2, 0) is 0 Å². The number of nitrogens with two attached hydrogens (primary N) is 1. The first-order chi connectivity index (χ1) is 9.97. The van der Waals surface area contributed by atoms with Gasteiger partial charge < -0.3 is 15.2 Å². The summed E-state index contributed by atoms with van der Waals surface area (Å²) >= 11 is 0. The number of halogens is 2. The highest BCUT2D eigenvalue weighted by atomic mass is 19.1. The van der Waals surface area contributed by atoms with Crippen molar-refractivity contribution in [2.24, 2.45) is 0 Å². The van der Waals surface area contributed by atoms with Crippen LogP contribution >= 0.6 is 0 Å². The summed E-state index contributed by atoms with van der Waals surface area (Å²) in [5, 5.41) is 0. The first-order valence-electron chi connectivity index (χ1n) is 5.99. The van der Waals surface area contributed by atoms with E-state index in [0.717, 1.165) is 18.2 Å². The highest BCUT2D eigenvalue weighted by Gasteiger charge is 2.21. The molecule has 0 bridgehead atoms. The van der Waals surface area contributed by atoms with Crippen LogP contribution in [0.3, 0.4) is 0 Å². The molecule has 4 nitrogen and oxygen atoms in total. The van der Waals surface area contributed by atoms with Crippen molar-refractivity contribution in [2.45, 2.75) is 0 Å². The number of carbonyl (C=O) groups is 1. The third kappa shape index (κ3) is 2.79. The third-order valence-corrected chi connectivity index (χ3v) is 2.95. The summed E-state index contributed by atoms with van der Waals surface area (Å²) in [5.74, 6) is -2.12. The van der Waals surface area contributed by atoms with Crippen LogP contribution in [0.4, 0.5) is 14.5 Å². The lowest BCUT2D eigenvalue weighted by molar-refractivity contribution is 0.103. The summed E-state index contributed by atoms with van der Waals surface area (Å²) < 4.78 is 37.7. The molecule has 0 saturated heterocycles. The van der Waals surface area contributed by atoms with Crippen molar-refractivity contribution in [3.8, 4) is 11.5 Å². The van der Waals surface area contributed by atoms with Crippen LogP contribution in [0, 0.1) is 11.6 Å². The number of benzene rings is 2. The minimum absolute atomic E-state index is 0.139. The molecule has 0 aliphatic carbocycles. The van der Waals surface area contributed by atoms with Crippen LogP contribution in [0.5, 0.6) is 11.5 Å². The van der Waals surface area contributed by atoms with Gasteiger partial charge in [-0.1, -0.05) is 0 Å². The standard InChI is InChI=1S/C15H13F2NO3/c1-20-13-6-10(12(17)7-14(13)21-2)15(19)9-5-8(18)3-4-11(9)16/h3-7H,18H2,1-2H3. The van der Waals surface area contributed by atoms with E-state index in [-0.39, 0.29) is 28.3 Å². The molecule has 0 aliphatic rings. The Hall–Kier alpha value is -2.63. The van der Waals surface area contributed by atoms with Gasteiger partial charge in [0, 0.05) is 11.8 Å². The van der Waals surface area contributed by atoms with Gasteiger partial charge >= 0.3 is 0 Å². The van der Waals surface area contributed by atoms with Gasteiger partial charge in [-0.15, -0.1) is 0 Å². The number of carbonyl (C=O) groups excluding carboxylic acids is 1. The van der Waals surface area contributed by atoms with E-state index in [1.165, 1.54) is 26.4 Å². The number of nitrogen functional groups attached to an aromatic ring is 1. The minimum Gasteiger partial charge on any atom is -0.493 e. The lowest BCUT2D eigenvalue weighted by Gasteiger charge is -2.11. The van der Waals surface area contributed by atoms with Gasteiger partial charge in [-0.3, -0.25) is 4.79 Å².